The molecular weight excluding hydrogens is 398 g/mol. The summed E-state index contributed by atoms with van der Waals surface area (Å²) >= 11 is 0. The number of nitro benzene ring substituents is 1. The maximum atomic E-state index is 13.1. The van der Waals surface area contributed by atoms with Crippen molar-refractivity contribution < 1.29 is 14.5 Å². The van der Waals surface area contributed by atoms with Gasteiger partial charge in [-0.25, -0.2) is 4.68 Å². The number of non-ortho nitro benzene ring substituents is 1. The Kier molecular flexibility index (Phi) is 5.74. The summed E-state index contributed by atoms with van der Waals surface area (Å²) in [5.41, 5.74) is 2.09. The minimum atomic E-state index is -0.615. The second-order valence-electron chi connectivity index (χ2n) is 7.28. The number of carbonyl (C=O) groups excluding carboxylic acids is 2. The Morgan fingerprint density at radius 3 is 2.58 bits per heavy atom. The van der Waals surface area contributed by atoms with Crippen molar-refractivity contribution in [3.05, 3.63) is 76.5 Å². The second-order valence-corrected chi connectivity index (χ2v) is 7.28. The van der Waals surface area contributed by atoms with Crippen molar-refractivity contribution in [3.63, 3.8) is 0 Å². The summed E-state index contributed by atoms with van der Waals surface area (Å²) in [6.45, 7) is 0.601. The first-order chi connectivity index (χ1) is 15.0. The van der Waals surface area contributed by atoms with Crippen molar-refractivity contribution in [2.75, 3.05) is 6.54 Å². The normalized spacial score (nSPS) is 16.3. The number of hydrogen-bond acceptors (Lipinski definition) is 5. The lowest BCUT2D eigenvalue weighted by atomic mass is 10.1. The van der Waals surface area contributed by atoms with E-state index in [2.05, 4.69) is 15.7 Å². The number of nitrogens with zero attached hydrogens (tertiary/aromatic N) is 3. The summed E-state index contributed by atoms with van der Waals surface area (Å²) in [6, 6.07) is 16.2. The van der Waals surface area contributed by atoms with Gasteiger partial charge in [0, 0.05) is 24.2 Å². The first-order valence-corrected chi connectivity index (χ1v) is 10.0. The predicted octanol–water partition coefficient (Wildman–Crippen LogP) is 2.85. The predicted molar refractivity (Wildman–Crippen MR) is 114 cm³/mol. The average Bonchev–Trinajstić information content (AvgIpc) is 3.14. The smallest absolute Gasteiger partial charge is 0.270 e. The maximum absolute atomic E-state index is 13.1. The molecule has 2 N–H and O–H groups in total. The Morgan fingerprint density at radius 1 is 1.13 bits per heavy atom. The van der Waals surface area contributed by atoms with Crippen LogP contribution in [0.5, 0.6) is 0 Å². The van der Waals surface area contributed by atoms with Crippen molar-refractivity contribution >= 4 is 17.5 Å². The number of benzene rings is 2. The Bertz CT molecular complexity index is 1110. The number of nitro groups is 1. The number of nitrogens with one attached hydrogen (secondary N) is 2. The molecule has 0 aliphatic carbocycles. The molecule has 1 aliphatic heterocycles. The summed E-state index contributed by atoms with van der Waals surface area (Å²) < 4.78 is 1.44. The molecule has 4 rings (SSSR count). The SMILES string of the molecule is O=C(NC1CCCCNC1=O)c1cc(-c2ccccc2)nn1-c1ccc([N+](=O)[O-])cc1. The highest BCUT2D eigenvalue weighted by Gasteiger charge is 2.25. The van der Waals surface area contributed by atoms with Crippen LogP contribution in [-0.4, -0.2) is 39.1 Å². The molecule has 1 unspecified atom stereocenters. The Labute approximate surface area is 178 Å². The van der Waals surface area contributed by atoms with Crippen LogP contribution in [0.1, 0.15) is 29.8 Å². The van der Waals surface area contributed by atoms with E-state index in [0.717, 1.165) is 18.4 Å². The van der Waals surface area contributed by atoms with Gasteiger partial charge in [-0.1, -0.05) is 30.3 Å². The van der Waals surface area contributed by atoms with Crippen LogP contribution < -0.4 is 10.6 Å². The molecule has 0 bridgehead atoms. The first kappa shape index (κ1) is 20.3. The van der Waals surface area contributed by atoms with Gasteiger partial charge >= 0.3 is 0 Å². The van der Waals surface area contributed by atoms with Crippen LogP contribution in [0.4, 0.5) is 5.69 Å². The summed E-state index contributed by atoms with van der Waals surface area (Å²) in [7, 11) is 0. The standard InChI is InChI=1S/C22H21N5O4/c28-21-18(8-4-5-13-23-21)24-22(29)20-14-19(15-6-2-1-3-7-15)25-26(20)16-9-11-17(12-10-16)27(30)31/h1-3,6-7,9-12,14,18H,4-5,8,13H2,(H,23,28)(H,24,29). The Balaban J connectivity index is 1.70. The highest BCUT2D eigenvalue weighted by atomic mass is 16.6. The van der Waals surface area contributed by atoms with Gasteiger partial charge in [-0.05, 0) is 37.5 Å². The molecular formula is C22H21N5O4. The van der Waals surface area contributed by atoms with Crippen LogP contribution in [0.25, 0.3) is 16.9 Å². The Morgan fingerprint density at radius 2 is 1.87 bits per heavy atom. The zero-order valence-corrected chi connectivity index (χ0v) is 16.7. The van der Waals surface area contributed by atoms with Crippen molar-refractivity contribution in [1.82, 2.24) is 20.4 Å². The van der Waals surface area contributed by atoms with E-state index in [0.29, 0.717) is 24.3 Å². The van der Waals surface area contributed by atoms with Gasteiger partial charge in [-0.15, -0.1) is 0 Å². The minimum absolute atomic E-state index is 0.0553. The molecule has 0 radical (unpaired) electrons. The third-order valence-electron chi connectivity index (χ3n) is 5.16. The largest absolute Gasteiger partial charge is 0.354 e. The molecule has 9 nitrogen and oxygen atoms in total. The van der Waals surface area contributed by atoms with Crippen molar-refractivity contribution in [2.45, 2.75) is 25.3 Å². The summed E-state index contributed by atoms with van der Waals surface area (Å²) in [6.07, 6.45) is 2.27. The summed E-state index contributed by atoms with van der Waals surface area (Å²) in [4.78, 5) is 35.9. The van der Waals surface area contributed by atoms with Gasteiger partial charge in [0.1, 0.15) is 11.7 Å². The van der Waals surface area contributed by atoms with Crippen LogP contribution in [0.15, 0.2) is 60.7 Å². The Hall–Kier alpha value is -4.01. The van der Waals surface area contributed by atoms with E-state index in [4.69, 9.17) is 0 Å². The zero-order chi connectivity index (χ0) is 21.8. The summed E-state index contributed by atoms with van der Waals surface area (Å²) in [5.74, 6) is -0.634. The third-order valence-corrected chi connectivity index (χ3v) is 5.16. The molecule has 9 heteroatoms. The lowest BCUT2D eigenvalue weighted by molar-refractivity contribution is -0.384. The van der Waals surface area contributed by atoms with Crippen molar-refractivity contribution in [2.24, 2.45) is 0 Å². The number of amides is 2. The van der Waals surface area contributed by atoms with Crippen LogP contribution in [0, 0.1) is 10.1 Å². The quantitative estimate of drug-likeness (QED) is 0.487. The molecule has 1 atom stereocenters. The van der Waals surface area contributed by atoms with E-state index >= 15 is 0 Å². The van der Waals surface area contributed by atoms with Gasteiger partial charge in [0.25, 0.3) is 11.6 Å². The second kappa shape index (κ2) is 8.78. The molecule has 0 saturated carbocycles. The van der Waals surface area contributed by atoms with Crippen molar-refractivity contribution in [1.29, 1.82) is 0 Å². The lowest BCUT2D eigenvalue weighted by Crippen LogP contribution is -2.45. The molecule has 1 fully saturated rings. The van der Waals surface area contributed by atoms with Gasteiger partial charge in [-0.2, -0.15) is 5.10 Å². The fourth-order valence-corrected chi connectivity index (χ4v) is 3.51. The monoisotopic (exact) mass is 419 g/mol. The molecule has 2 amide bonds. The van der Waals surface area contributed by atoms with E-state index in [1.807, 2.05) is 30.3 Å². The molecule has 0 spiro atoms. The van der Waals surface area contributed by atoms with Crippen LogP contribution >= 0.6 is 0 Å². The number of carbonyl (C=O) groups is 2. The highest BCUT2D eigenvalue weighted by molar-refractivity contribution is 5.97. The topological polar surface area (TPSA) is 119 Å². The number of rotatable bonds is 5. The van der Waals surface area contributed by atoms with Crippen LogP contribution in [0.3, 0.4) is 0 Å². The molecule has 3 aromatic rings. The minimum Gasteiger partial charge on any atom is -0.354 e. The molecule has 1 aromatic heterocycles. The van der Waals surface area contributed by atoms with Gasteiger partial charge in [0.2, 0.25) is 5.91 Å². The van der Waals surface area contributed by atoms with E-state index in [1.165, 1.54) is 28.9 Å². The molecule has 31 heavy (non-hydrogen) atoms. The lowest BCUT2D eigenvalue weighted by Gasteiger charge is -2.15. The fraction of sp³-hybridized carbons (Fsp3) is 0.227. The zero-order valence-electron chi connectivity index (χ0n) is 16.7. The molecule has 1 saturated heterocycles. The highest BCUT2D eigenvalue weighted by Crippen LogP contribution is 2.23. The number of aromatic nitrogens is 2. The van der Waals surface area contributed by atoms with Crippen LogP contribution in [0.2, 0.25) is 0 Å². The molecule has 2 heterocycles. The van der Waals surface area contributed by atoms with E-state index in [1.54, 1.807) is 6.07 Å². The molecule has 158 valence electrons. The fourth-order valence-electron chi connectivity index (χ4n) is 3.51. The van der Waals surface area contributed by atoms with Crippen molar-refractivity contribution in [3.8, 4) is 16.9 Å². The van der Waals surface area contributed by atoms with E-state index < -0.39 is 16.9 Å². The maximum Gasteiger partial charge on any atom is 0.270 e. The van der Waals surface area contributed by atoms with Gasteiger partial charge in [-0.3, -0.25) is 19.7 Å². The van der Waals surface area contributed by atoms with Gasteiger partial charge < -0.3 is 10.6 Å². The van der Waals surface area contributed by atoms with E-state index in [9.17, 15) is 19.7 Å². The van der Waals surface area contributed by atoms with Crippen LogP contribution in [-0.2, 0) is 4.79 Å². The number of hydrogen-bond donors (Lipinski definition) is 2. The molecule has 2 aromatic carbocycles. The third kappa shape index (κ3) is 4.45. The first-order valence-electron chi connectivity index (χ1n) is 10.0. The van der Waals surface area contributed by atoms with Gasteiger partial charge in [0.05, 0.1) is 16.3 Å². The van der Waals surface area contributed by atoms with Gasteiger partial charge in [0.15, 0.2) is 0 Å². The summed E-state index contributed by atoms with van der Waals surface area (Å²) in [5, 5.41) is 21.2. The average molecular weight is 419 g/mol. The van der Waals surface area contributed by atoms with E-state index in [-0.39, 0.29) is 17.3 Å². The molecule has 1 aliphatic rings.